The molecule has 0 aliphatic heterocycles. The Morgan fingerprint density at radius 2 is 0.795 bits per heavy atom. The van der Waals surface area contributed by atoms with E-state index in [9.17, 15) is 0 Å². The Kier molecular flexibility index (Phi) is 6.38. The molecule has 1 heterocycles. The average molecular weight is 566 g/mol. The highest BCUT2D eigenvalue weighted by Crippen LogP contribution is 2.37. The lowest BCUT2D eigenvalue weighted by Crippen LogP contribution is -2.00. The standard InChI is InChI=1S/C41H31N3/c1-3-26-13-16-28(17-14-26)39-42-40(31-20-19-29-23-27(4-2)15-18-30(29)24-31)44-41(43-39)32-21-22-37-35-11-6-5-9-33(35)34-10-7-8-12-36(34)38(37)25-32/h5-25H,3-4H2,1-2H3. The number of benzene rings is 7. The molecule has 44 heavy (non-hydrogen) atoms. The third-order valence-corrected chi connectivity index (χ3v) is 8.83. The molecule has 1 aromatic heterocycles. The number of aromatic nitrogens is 3. The molecule has 0 saturated carbocycles. The van der Waals surface area contributed by atoms with Crippen molar-refractivity contribution in [2.24, 2.45) is 0 Å². The van der Waals surface area contributed by atoms with E-state index in [0.29, 0.717) is 17.5 Å². The number of aryl methyl sites for hydroxylation is 2. The van der Waals surface area contributed by atoms with E-state index in [4.69, 9.17) is 15.0 Å². The van der Waals surface area contributed by atoms with Crippen molar-refractivity contribution in [3.8, 4) is 34.2 Å². The predicted molar refractivity (Wildman–Crippen MR) is 185 cm³/mol. The highest BCUT2D eigenvalue weighted by Gasteiger charge is 2.15. The molecule has 0 atom stereocenters. The van der Waals surface area contributed by atoms with Crippen molar-refractivity contribution in [1.29, 1.82) is 0 Å². The Hall–Kier alpha value is -5.41. The molecule has 8 aromatic rings. The van der Waals surface area contributed by atoms with Gasteiger partial charge in [-0.25, -0.2) is 15.0 Å². The number of hydrogen-bond acceptors (Lipinski definition) is 3. The first-order valence-corrected chi connectivity index (χ1v) is 15.4. The molecule has 0 bridgehead atoms. The van der Waals surface area contributed by atoms with E-state index in [-0.39, 0.29) is 0 Å². The lowest BCUT2D eigenvalue weighted by molar-refractivity contribution is 1.07. The monoisotopic (exact) mass is 565 g/mol. The summed E-state index contributed by atoms with van der Waals surface area (Å²) >= 11 is 0. The number of hydrogen-bond donors (Lipinski definition) is 0. The number of nitrogens with zero attached hydrogens (tertiary/aromatic N) is 3. The Bertz CT molecular complexity index is 2320. The molecular formula is C41H31N3. The molecule has 210 valence electrons. The second-order valence-corrected chi connectivity index (χ2v) is 11.5. The molecule has 7 aromatic carbocycles. The van der Waals surface area contributed by atoms with Gasteiger partial charge in [-0.3, -0.25) is 0 Å². The van der Waals surface area contributed by atoms with Crippen LogP contribution in [0.2, 0.25) is 0 Å². The van der Waals surface area contributed by atoms with Crippen LogP contribution in [0.1, 0.15) is 25.0 Å². The van der Waals surface area contributed by atoms with Crippen LogP contribution in [0.5, 0.6) is 0 Å². The fourth-order valence-corrected chi connectivity index (χ4v) is 6.35. The first-order chi connectivity index (χ1) is 21.7. The van der Waals surface area contributed by atoms with Crippen molar-refractivity contribution in [2.45, 2.75) is 26.7 Å². The normalized spacial score (nSPS) is 11.6. The zero-order valence-electron chi connectivity index (χ0n) is 24.9. The summed E-state index contributed by atoms with van der Waals surface area (Å²) < 4.78 is 0. The summed E-state index contributed by atoms with van der Waals surface area (Å²) in [6, 6.07) is 45.7. The van der Waals surface area contributed by atoms with Gasteiger partial charge in [0.15, 0.2) is 17.5 Å². The zero-order valence-corrected chi connectivity index (χ0v) is 24.9. The second kappa shape index (κ2) is 10.7. The van der Waals surface area contributed by atoms with Gasteiger partial charge in [0.2, 0.25) is 0 Å². The molecule has 3 nitrogen and oxygen atoms in total. The van der Waals surface area contributed by atoms with Gasteiger partial charge in [-0.1, -0.05) is 129 Å². The van der Waals surface area contributed by atoms with Gasteiger partial charge in [-0.2, -0.15) is 0 Å². The predicted octanol–water partition coefficient (Wildman–Crippen LogP) is 10.6. The maximum Gasteiger partial charge on any atom is 0.164 e. The first kappa shape index (κ1) is 26.2. The third-order valence-electron chi connectivity index (χ3n) is 8.83. The van der Waals surface area contributed by atoms with Gasteiger partial charge in [-0.05, 0) is 79.2 Å². The summed E-state index contributed by atoms with van der Waals surface area (Å²) in [7, 11) is 0. The molecular weight excluding hydrogens is 534 g/mol. The van der Waals surface area contributed by atoms with E-state index in [1.54, 1.807) is 0 Å². The van der Waals surface area contributed by atoms with Crippen LogP contribution >= 0.6 is 0 Å². The Morgan fingerprint density at radius 3 is 1.41 bits per heavy atom. The van der Waals surface area contributed by atoms with E-state index in [1.165, 1.54) is 54.2 Å². The van der Waals surface area contributed by atoms with Crippen LogP contribution in [0.25, 0.3) is 77.3 Å². The lowest BCUT2D eigenvalue weighted by Gasteiger charge is -2.13. The van der Waals surface area contributed by atoms with Gasteiger partial charge in [0.05, 0.1) is 0 Å². The van der Waals surface area contributed by atoms with Gasteiger partial charge < -0.3 is 0 Å². The summed E-state index contributed by atoms with van der Waals surface area (Å²) in [4.78, 5) is 15.2. The van der Waals surface area contributed by atoms with Crippen molar-refractivity contribution < 1.29 is 0 Å². The van der Waals surface area contributed by atoms with Crippen LogP contribution in [0.15, 0.2) is 127 Å². The van der Waals surface area contributed by atoms with Crippen molar-refractivity contribution in [3.05, 3.63) is 139 Å². The number of rotatable bonds is 5. The van der Waals surface area contributed by atoms with E-state index >= 15 is 0 Å². The van der Waals surface area contributed by atoms with E-state index < -0.39 is 0 Å². The summed E-state index contributed by atoms with van der Waals surface area (Å²) in [5.41, 5.74) is 5.56. The Balaban J connectivity index is 1.35. The smallest absolute Gasteiger partial charge is 0.164 e. The molecule has 0 saturated heterocycles. The van der Waals surface area contributed by atoms with Crippen LogP contribution in [-0.4, -0.2) is 15.0 Å². The lowest BCUT2D eigenvalue weighted by atomic mass is 9.93. The molecule has 0 spiro atoms. The summed E-state index contributed by atoms with van der Waals surface area (Å²) in [6.45, 7) is 4.36. The topological polar surface area (TPSA) is 38.7 Å². The third kappa shape index (κ3) is 4.49. The van der Waals surface area contributed by atoms with Gasteiger partial charge in [0, 0.05) is 16.7 Å². The molecule has 0 N–H and O–H groups in total. The second-order valence-electron chi connectivity index (χ2n) is 11.5. The van der Waals surface area contributed by atoms with Crippen LogP contribution in [-0.2, 0) is 12.8 Å². The maximum atomic E-state index is 5.10. The minimum atomic E-state index is 0.671. The number of fused-ring (bicyclic) bond motifs is 7. The van der Waals surface area contributed by atoms with Gasteiger partial charge in [0.1, 0.15) is 0 Å². The highest BCUT2D eigenvalue weighted by molar-refractivity contribution is 6.25. The fourth-order valence-electron chi connectivity index (χ4n) is 6.35. The summed E-state index contributed by atoms with van der Waals surface area (Å²) in [5.74, 6) is 2.03. The van der Waals surface area contributed by atoms with E-state index in [0.717, 1.165) is 29.5 Å². The van der Waals surface area contributed by atoms with Gasteiger partial charge in [0.25, 0.3) is 0 Å². The van der Waals surface area contributed by atoms with Gasteiger partial charge in [-0.15, -0.1) is 0 Å². The molecule has 3 heteroatoms. The summed E-state index contributed by atoms with van der Waals surface area (Å²) in [6.07, 6.45) is 2.01. The van der Waals surface area contributed by atoms with Crippen molar-refractivity contribution in [1.82, 2.24) is 15.0 Å². The highest BCUT2D eigenvalue weighted by atomic mass is 15.0. The quantitative estimate of drug-likeness (QED) is 0.195. The van der Waals surface area contributed by atoms with Crippen molar-refractivity contribution in [3.63, 3.8) is 0 Å². The maximum absolute atomic E-state index is 5.10. The SMILES string of the molecule is CCc1ccc(-c2nc(-c3ccc4cc(CC)ccc4c3)nc(-c3ccc4c5ccccc5c5ccccc5c4c3)n2)cc1. The minimum Gasteiger partial charge on any atom is -0.208 e. The largest absolute Gasteiger partial charge is 0.208 e. The average Bonchev–Trinajstić information content (AvgIpc) is 3.11. The van der Waals surface area contributed by atoms with E-state index in [2.05, 4.69) is 141 Å². The first-order valence-electron chi connectivity index (χ1n) is 15.4. The molecule has 8 rings (SSSR count). The van der Waals surface area contributed by atoms with Crippen molar-refractivity contribution in [2.75, 3.05) is 0 Å². The van der Waals surface area contributed by atoms with Crippen molar-refractivity contribution >= 4 is 43.1 Å². The van der Waals surface area contributed by atoms with Crippen LogP contribution in [0.4, 0.5) is 0 Å². The minimum absolute atomic E-state index is 0.671. The molecule has 0 fully saturated rings. The van der Waals surface area contributed by atoms with Crippen LogP contribution in [0.3, 0.4) is 0 Å². The Morgan fingerprint density at radius 1 is 0.364 bits per heavy atom. The molecule has 0 amide bonds. The van der Waals surface area contributed by atoms with Crippen LogP contribution < -0.4 is 0 Å². The molecule has 0 radical (unpaired) electrons. The summed E-state index contributed by atoms with van der Waals surface area (Å²) in [5, 5.41) is 9.84. The Labute approximate surface area is 256 Å². The van der Waals surface area contributed by atoms with Gasteiger partial charge >= 0.3 is 0 Å². The fraction of sp³-hybridized carbons (Fsp3) is 0.0976. The van der Waals surface area contributed by atoms with Crippen LogP contribution in [0, 0.1) is 0 Å². The molecule has 0 aliphatic carbocycles. The molecule has 0 aliphatic rings. The molecule has 0 unspecified atom stereocenters. The zero-order chi connectivity index (χ0) is 29.6. The van der Waals surface area contributed by atoms with E-state index in [1.807, 2.05) is 0 Å².